The fraction of sp³-hybridized carbons (Fsp3) is 0.143. The van der Waals surface area contributed by atoms with E-state index in [0.717, 1.165) is 11.1 Å². The van der Waals surface area contributed by atoms with E-state index in [9.17, 15) is 19.7 Å². The number of aromatic nitrogens is 2. The number of hydrogen-bond acceptors (Lipinski definition) is 6. The van der Waals surface area contributed by atoms with E-state index in [0.29, 0.717) is 23.7 Å². The number of aryl methyl sites for hydroxylation is 1. The second-order valence-electron chi connectivity index (χ2n) is 6.45. The minimum absolute atomic E-state index is 0.201. The molecule has 0 radical (unpaired) electrons. The average molecular weight is 409 g/mol. The molecule has 3 rings (SSSR count). The van der Waals surface area contributed by atoms with Gasteiger partial charge in [-0.25, -0.2) is 4.79 Å². The maximum absolute atomic E-state index is 11.7. The lowest BCUT2D eigenvalue weighted by atomic mass is 10.1. The van der Waals surface area contributed by atoms with Gasteiger partial charge in [0, 0.05) is 0 Å². The van der Waals surface area contributed by atoms with Gasteiger partial charge in [0.2, 0.25) is 0 Å². The van der Waals surface area contributed by atoms with E-state index < -0.39 is 21.9 Å². The molecule has 0 fully saturated rings. The zero-order chi connectivity index (χ0) is 21.7. The van der Waals surface area contributed by atoms with Gasteiger partial charge in [-0.15, -0.1) is 0 Å². The van der Waals surface area contributed by atoms with Crippen LogP contribution in [0.4, 0.5) is 5.69 Å². The van der Waals surface area contributed by atoms with Crippen molar-refractivity contribution in [2.75, 3.05) is 7.11 Å². The zero-order valence-corrected chi connectivity index (χ0v) is 16.3. The summed E-state index contributed by atoms with van der Waals surface area (Å²) >= 11 is 0. The highest BCUT2D eigenvalue weighted by atomic mass is 16.6. The molecule has 0 spiro atoms. The molecule has 0 unspecified atom stereocenters. The van der Waals surface area contributed by atoms with Crippen molar-refractivity contribution in [3.05, 3.63) is 95.8 Å². The van der Waals surface area contributed by atoms with E-state index in [1.807, 2.05) is 36.2 Å². The van der Waals surface area contributed by atoms with Crippen molar-refractivity contribution in [1.82, 2.24) is 9.97 Å². The highest BCUT2D eigenvalue weighted by molar-refractivity contribution is 5.72. The number of nitro groups is 1. The average Bonchev–Trinajstić information content (AvgIpc) is 2.70. The molecular weight excluding hydrogens is 390 g/mol. The van der Waals surface area contributed by atoms with Crippen LogP contribution in [0.5, 0.6) is 11.5 Å². The number of benzene rings is 2. The summed E-state index contributed by atoms with van der Waals surface area (Å²) in [5, 5.41) is 11.1. The summed E-state index contributed by atoms with van der Waals surface area (Å²) in [6.07, 6.45) is 2.81. The highest BCUT2D eigenvalue weighted by Gasteiger charge is 2.18. The molecule has 2 N–H and O–H groups in total. The number of rotatable bonds is 7. The summed E-state index contributed by atoms with van der Waals surface area (Å²) in [5.74, 6) is 1.01. The van der Waals surface area contributed by atoms with Crippen LogP contribution in [-0.2, 0) is 6.61 Å². The van der Waals surface area contributed by atoms with Crippen molar-refractivity contribution in [1.29, 1.82) is 0 Å². The summed E-state index contributed by atoms with van der Waals surface area (Å²) in [6, 6.07) is 13.1. The summed E-state index contributed by atoms with van der Waals surface area (Å²) in [7, 11) is 1.50. The van der Waals surface area contributed by atoms with Crippen LogP contribution in [0, 0.1) is 17.0 Å². The minimum Gasteiger partial charge on any atom is -0.493 e. The Balaban J connectivity index is 1.84. The molecule has 0 bridgehead atoms. The molecule has 0 saturated heterocycles. The SMILES string of the molecule is COc1cc(/C=C/c2[nH]c(=O)[nH]c(=O)c2[N+](=O)[O-])ccc1OCc1cccc(C)c1. The van der Waals surface area contributed by atoms with Crippen molar-refractivity contribution in [3.63, 3.8) is 0 Å². The van der Waals surface area contributed by atoms with E-state index >= 15 is 0 Å². The molecule has 1 aromatic heterocycles. The Morgan fingerprint density at radius 3 is 2.57 bits per heavy atom. The molecule has 154 valence electrons. The number of aromatic amines is 2. The molecule has 9 nitrogen and oxygen atoms in total. The van der Waals surface area contributed by atoms with Gasteiger partial charge in [-0.3, -0.25) is 19.9 Å². The lowest BCUT2D eigenvalue weighted by Gasteiger charge is -2.11. The smallest absolute Gasteiger partial charge is 0.357 e. The lowest BCUT2D eigenvalue weighted by Crippen LogP contribution is -2.25. The van der Waals surface area contributed by atoms with E-state index in [1.165, 1.54) is 19.3 Å². The van der Waals surface area contributed by atoms with Gasteiger partial charge in [-0.05, 0) is 36.3 Å². The second kappa shape index (κ2) is 8.91. The first-order chi connectivity index (χ1) is 14.4. The van der Waals surface area contributed by atoms with Crippen molar-refractivity contribution < 1.29 is 14.4 Å². The lowest BCUT2D eigenvalue weighted by molar-refractivity contribution is -0.386. The maximum Gasteiger partial charge on any atom is 0.357 e. The molecule has 30 heavy (non-hydrogen) atoms. The number of nitrogens with zero attached hydrogens (tertiary/aromatic N) is 1. The van der Waals surface area contributed by atoms with E-state index in [4.69, 9.17) is 9.47 Å². The third-order valence-corrected chi connectivity index (χ3v) is 4.23. The van der Waals surface area contributed by atoms with Gasteiger partial charge >= 0.3 is 16.9 Å². The molecule has 0 atom stereocenters. The Hall–Kier alpha value is -4.14. The maximum atomic E-state index is 11.7. The van der Waals surface area contributed by atoms with Crippen molar-refractivity contribution >= 4 is 17.8 Å². The van der Waals surface area contributed by atoms with Gasteiger partial charge in [0.05, 0.1) is 12.0 Å². The minimum atomic E-state index is -1.07. The van der Waals surface area contributed by atoms with E-state index in [-0.39, 0.29) is 5.69 Å². The van der Waals surface area contributed by atoms with Crippen molar-refractivity contribution in [2.45, 2.75) is 13.5 Å². The topological polar surface area (TPSA) is 127 Å². The fourth-order valence-electron chi connectivity index (χ4n) is 2.85. The van der Waals surface area contributed by atoms with Crippen LogP contribution >= 0.6 is 0 Å². The van der Waals surface area contributed by atoms with Crippen LogP contribution in [0.15, 0.2) is 52.1 Å². The number of nitrogens with one attached hydrogen (secondary N) is 2. The number of methoxy groups -OCH3 is 1. The molecular formula is C21H19N3O6. The Morgan fingerprint density at radius 2 is 1.87 bits per heavy atom. The Morgan fingerprint density at radius 1 is 1.07 bits per heavy atom. The summed E-state index contributed by atoms with van der Waals surface area (Å²) in [5.41, 5.74) is -0.0563. The fourth-order valence-corrected chi connectivity index (χ4v) is 2.85. The highest BCUT2D eigenvalue weighted by Crippen LogP contribution is 2.29. The van der Waals surface area contributed by atoms with Crippen LogP contribution in [-0.4, -0.2) is 22.0 Å². The van der Waals surface area contributed by atoms with E-state index in [1.54, 1.807) is 18.2 Å². The first-order valence-electron chi connectivity index (χ1n) is 8.93. The molecule has 0 amide bonds. The van der Waals surface area contributed by atoms with Gasteiger partial charge in [-0.2, -0.15) is 0 Å². The van der Waals surface area contributed by atoms with E-state index in [2.05, 4.69) is 4.98 Å². The van der Waals surface area contributed by atoms with Crippen LogP contribution in [0.1, 0.15) is 22.4 Å². The molecule has 0 aliphatic carbocycles. The third-order valence-electron chi connectivity index (χ3n) is 4.23. The van der Waals surface area contributed by atoms with Gasteiger partial charge < -0.3 is 14.5 Å². The van der Waals surface area contributed by atoms with Gasteiger partial charge in [0.1, 0.15) is 12.3 Å². The van der Waals surface area contributed by atoms with Crippen molar-refractivity contribution in [3.8, 4) is 11.5 Å². The molecule has 0 saturated carbocycles. The second-order valence-corrected chi connectivity index (χ2v) is 6.45. The summed E-state index contributed by atoms with van der Waals surface area (Å²) in [4.78, 5) is 37.5. The van der Waals surface area contributed by atoms with Crippen LogP contribution < -0.4 is 20.7 Å². The Bertz CT molecular complexity index is 1230. The number of hydrogen-bond donors (Lipinski definition) is 2. The number of ether oxygens (including phenoxy) is 2. The molecule has 2 aromatic carbocycles. The third kappa shape index (κ3) is 4.82. The Kier molecular flexibility index (Phi) is 6.11. The molecule has 3 aromatic rings. The van der Waals surface area contributed by atoms with Crippen LogP contribution in [0.3, 0.4) is 0 Å². The molecule has 0 aliphatic rings. The molecule has 1 heterocycles. The van der Waals surface area contributed by atoms with Crippen molar-refractivity contribution in [2.24, 2.45) is 0 Å². The first kappa shape index (κ1) is 20.6. The standard InChI is InChI=1S/C21H19N3O6/c1-13-4-3-5-15(10-13)12-30-17-9-7-14(11-18(17)29-2)6-8-16-19(24(27)28)20(25)23-21(26)22-16/h3-11H,12H2,1-2H3,(H2,22,23,25,26)/b8-6+. The summed E-state index contributed by atoms with van der Waals surface area (Å²) in [6.45, 7) is 2.37. The quantitative estimate of drug-likeness (QED) is 0.456. The first-order valence-corrected chi connectivity index (χ1v) is 8.93. The van der Waals surface area contributed by atoms with Gasteiger partial charge in [0.15, 0.2) is 11.5 Å². The number of H-pyrrole nitrogens is 2. The van der Waals surface area contributed by atoms with Gasteiger partial charge in [0.25, 0.3) is 0 Å². The predicted octanol–water partition coefficient (Wildman–Crippen LogP) is 3.04. The predicted molar refractivity (Wildman–Crippen MR) is 112 cm³/mol. The zero-order valence-electron chi connectivity index (χ0n) is 16.3. The normalized spacial score (nSPS) is 10.9. The molecule has 0 aliphatic heterocycles. The van der Waals surface area contributed by atoms with Gasteiger partial charge in [-0.1, -0.05) is 42.0 Å². The van der Waals surface area contributed by atoms with Crippen LogP contribution in [0.25, 0.3) is 12.2 Å². The van der Waals surface area contributed by atoms with Crippen LogP contribution in [0.2, 0.25) is 0 Å². The summed E-state index contributed by atoms with van der Waals surface area (Å²) < 4.78 is 11.2. The Labute approximate surface area is 170 Å². The monoisotopic (exact) mass is 409 g/mol. The largest absolute Gasteiger partial charge is 0.493 e. The molecule has 9 heteroatoms.